The normalized spacial score (nSPS) is 12.0. The number of aromatic nitrogens is 3. The van der Waals surface area contributed by atoms with Gasteiger partial charge in [-0.2, -0.15) is 0 Å². The van der Waals surface area contributed by atoms with Crippen molar-refractivity contribution in [2.45, 2.75) is 0 Å². The summed E-state index contributed by atoms with van der Waals surface area (Å²) in [6.45, 7) is 0. The van der Waals surface area contributed by atoms with Crippen LogP contribution in [-0.4, -0.2) is 14.5 Å². The van der Waals surface area contributed by atoms with Gasteiger partial charge in [-0.15, -0.1) is 0 Å². The first-order chi connectivity index (χ1) is 27.3. The van der Waals surface area contributed by atoms with Crippen LogP contribution in [0.3, 0.4) is 0 Å². The van der Waals surface area contributed by atoms with Crippen molar-refractivity contribution in [3.8, 4) is 39.6 Å². The van der Waals surface area contributed by atoms with Crippen LogP contribution >= 0.6 is 0 Å². The lowest BCUT2D eigenvalue weighted by Gasteiger charge is -2.16. The first kappa shape index (κ1) is 30.0. The van der Waals surface area contributed by atoms with E-state index in [9.17, 15) is 0 Å². The van der Waals surface area contributed by atoms with E-state index in [4.69, 9.17) is 18.8 Å². The number of fused-ring (bicyclic) bond motifs is 12. The summed E-state index contributed by atoms with van der Waals surface area (Å²) in [5, 5.41) is 8.61. The smallest absolute Gasteiger partial charge is 0.161 e. The van der Waals surface area contributed by atoms with Crippen LogP contribution in [0.1, 0.15) is 0 Å². The van der Waals surface area contributed by atoms with E-state index in [1.807, 2.05) is 60.7 Å². The molecule has 256 valence electrons. The molecule has 4 aromatic heterocycles. The van der Waals surface area contributed by atoms with E-state index < -0.39 is 0 Å². The van der Waals surface area contributed by atoms with Crippen molar-refractivity contribution >= 4 is 76.5 Å². The molecule has 0 saturated carbocycles. The minimum Gasteiger partial charge on any atom is -0.456 e. The van der Waals surface area contributed by atoms with Gasteiger partial charge in [0.2, 0.25) is 0 Å². The maximum atomic E-state index is 6.84. The van der Waals surface area contributed by atoms with Crippen LogP contribution in [-0.2, 0) is 0 Å². The molecule has 0 fully saturated rings. The van der Waals surface area contributed by atoms with Crippen LogP contribution in [0.15, 0.2) is 185 Å². The number of rotatable bonds is 4. The fraction of sp³-hybridized carbons (Fsp3) is 0. The second-order valence-corrected chi connectivity index (χ2v) is 14.1. The molecule has 0 N–H and O–H groups in total. The molecule has 0 aliphatic heterocycles. The van der Waals surface area contributed by atoms with E-state index >= 15 is 0 Å². The van der Waals surface area contributed by atoms with Gasteiger partial charge in [0.05, 0.1) is 33.5 Å². The van der Waals surface area contributed by atoms with E-state index in [-0.39, 0.29) is 0 Å². The summed E-state index contributed by atoms with van der Waals surface area (Å²) in [4.78, 5) is 10.6. The first-order valence-corrected chi connectivity index (χ1v) is 18.5. The number of para-hydroxylation sites is 3. The molecule has 0 aliphatic carbocycles. The van der Waals surface area contributed by atoms with E-state index in [1.54, 1.807) is 0 Å². The van der Waals surface area contributed by atoms with Crippen LogP contribution in [0.2, 0.25) is 0 Å². The second kappa shape index (κ2) is 11.5. The van der Waals surface area contributed by atoms with Crippen molar-refractivity contribution in [3.05, 3.63) is 176 Å². The number of nitrogens with zero attached hydrogens (tertiary/aromatic N) is 3. The Morgan fingerprint density at radius 2 is 1.02 bits per heavy atom. The van der Waals surface area contributed by atoms with Gasteiger partial charge in [-0.05, 0) is 42.5 Å². The molecule has 4 heterocycles. The third kappa shape index (κ3) is 4.41. The van der Waals surface area contributed by atoms with Crippen LogP contribution in [0.5, 0.6) is 0 Å². The number of hydrogen-bond acceptors (Lipinski definition) is 4. The minimum absolute atomic E-state index is 0.634. The molecular formula is C50H29N3O2. The fourth-order valence-corrected chi connectivity index (χ4v) is 8.59. The van der Waals surface area contributed by atoms with Crippen LogP contribution in [0, 0.1) is 0 Å². The highest BCUT2D eigenvalue weighted by molar-refractivity contribution is 6.27. The molecule has 5 nitrogen and oxygen atoms in total. The van der Waals surface area contributed by atoms with Gasteiger partial charge >= 0.3 is 0 Å². The zero-order valence-electron chi connectivity index (χ0n) is 29.4. The topological polar surface area (TPSA) is 57.0 Å². The van der Waals surface area contributed by atoms with Crippen molar-refractivity contribution < 1.29 is 8.83 Å². The summed E-state index contributed by atoms with van der Waals surface area (Å²) < 4.78 is 15.7. The third-order valence-electron chi connectivity index (χ3n) is 11.0. The predicted octanol–water partition coefficient (Wildman–Crippen LogP) is 13.5. The second-order valence-electron chi connectivity index (χ2n) is 14.1. The third-order valence-corrected chi connectivity index (χ3v) is 11.0. The van der Waals surface area contributed by atoms with E-state index in [2.05, 4.69) is 120 Å². The molecule has 0 amide bonds. The van der Waals surface area contributed by atoms with Gasteiger partial charge in [0.1, 0.15) is 22.3 Å². The molecule has 0 unspecified atom stereocenters. The van der Waals surface area contributed by atoms with Crippen molar-refractivity contribution in [2.24, 2.45) is 0 Å². The Hall–Kier alpha value is -7.50. The Balaban J connectivity index is 1.26. The van der Waals surface area contributed by atoms with Crippen molar-refractivity contribution in [2.75, 3.05) is 0 Å². The number of benzene rings is 8. The van der Waals surface area contributed by atoms with E-state index in [1.165, 1.54) is 10.8 Å². The summed E-state index contributed by atoms with van der Waals surface area (Å²) >= 11 is 0. The van der Waals surface area contributed by atoms with Gasteiger partial charge in [0.25, 0.3) is 0 Å². The van der Waals surface area contributed by atoms with Crippen LogP contribution < -0.4 is 0 Å². The lowest BCUT2D eigenvalue weighted by atomic mass is 9.98. The largest absolute Gasteiger partial charge is 0.456 e. The predicted molar refractivity (Wildman–Crippen MR) is 225 cm³/mol. The van der Waals surface area contributed by atoms with Crippen LogP contribution in [0.4, 0.5) is 0 Å². The number of hydrogen-bond donors (Lipinski definition) is 0. The molecule has 0 aliphatic rings. The Labute approximate surface area is 314 Å². The quantitative estimate of drug-likeness (QED) is 0.183. The molecule has 5 heteroatoms. The van der Waals surface area contributed by atoms with Crippen molar-refractivity contribution in [3.63, 3.8) is 0 Å². The minimum atomic E-state index is 0.634. The maximum Gasteiger partial charge on any atom is 0.161 e. The maximum absolute atomic E-state index is 6.84. The molecule has 0 saturated heterocycles. The zero-order chi connectivity index (χ0) is 36.0. The first-order valence-electron chi connectivity index (χ1n) is 18.5. The molecule has 0 radical (unpaired) electrons. The molecule has 0 atom stereocenters. The van der Waals surface area contributed by atoms with Gasteiger partial charge in [-0.1, -0.05) is 133 Å². The standard InChI is InChI=1S/C50H29N3O2/c1-3-14-30(15-4-1)39-29-40(31-16-5-2-6-17-31)52-50(51-39)37-22-13-21-35-42(28-38-33-19-8-11-24-43(33)55-49(38)46(35)37)53-41-23-10-7-18-32(41)34-26-27-45-47(48(34)53)36-20-9-12-25-44(36)54-45/h1-29H. The van der Waals surface area contributed by atoms with Gasteiger partial charge in [-0.25, -0.2) is 9.97 Å². The monoisotopic (exact) mass is 703 g/mol. The number of furan rings is 2. The van der Waals surface area contributed by atoms with Crippen molar-refractivity contribution in [1.82, 2.24) is 14.5 Å². The Morgan fingerprint density at radius 1 is 0.400 bits per heavy atom. The molecule has 12 rings (SSSR count). The lowest BCUT2D eigenvalue weighted by Crippen LogP contribution is -1.99. The average Bonchev–Trinajstić information content (AvgIpc) is 3.93. The molecule has 55 heavy (non-hydrogen) atoms. The molecular weight excluding hydrogens is 675 g/mol. The zero-order valence-corrected chi connectivity index (χ0v) is 29.4. The molecule has 0 spiro atoms. The van der Waals surface area contributed by atoms with Gasteiger partial charge in [-0.3, -0.25) is 0 Å². The molecule has 8 aromatic carbocycles. The van der Waals surface area contributed by atoms with Gasteiger partial charge in [0, 0.05) is 54.4 Å². The highest BCUT2D eigenvalue weighted by Gasteiger charge is 2.24. The summed E-state index contributed by atoms with van der Waals surface area (Å²) in [7, 11) is 0. The van der Waals surface area contributed by atoms with Crippen LogP contribution in [0.25, 0.3) is 116 Å². The lowest BCUT2D eigenvalue weighted by molar-refractivity contribution is 0.669. The SMILES string of the molecule is c1ccc(-c2cc(-c3ccccc3)nc(-c3cccc4c(-n5c6ccccc6c6ccc7oc8ccccc8c7c65)cc5c6ccccc6oc5c34)n2)cc1. The highest BCUT2D eigenvalue weighted by Crippen LogP contribution is 2.46. The van der Waals surface area contributed by atoms with Crippen molar-refractivity contribution in [1.29, 1.82) is 0 Å². The summed E-state index contributed by atoms with van der Waals surface area (Å²) in [6.07, 6.45) is 0. The van der Waals surface area contributed by atoms with Gasteiger partial charge < -0.3 is 13.4 Å². The fourth-order valence-electron chi connectivity index (χ4n) is 8.59. The average molecular weight is 704 g/mol. The molecule has 0 bridgehead atoms. The molecule has 12 aromatic rings. The Bertz CT molecular complexity index is 3430. The highest BCUT2D eigenvalue weighted by atomic mass is 16.3. The van der Waals surface area contributed by atoms with E-state index in [0.29, 0.717) is 5.82 Å². The summed E-state index contributed by atoms with van der Waals surface area (Å²) in [6, 6.07) is 61.1. The van der Waals surface area contributed by atoms with Gasteiger partial charge in [0.15, 0.2) is 5.82 Å². The Kier molecular flexibility index (Phi) is 6.27. The van der Waals surface area contributed by atoms with E-state index in [0.717, 1.165) is 99.4 Å². The summed E-state index contributed by atoms with van der Waals surface area (Å²) in [5.74, 6) is 0.634. The summed E-state index contributed by atoms with van der Waals surface area (Å²) in [5.41, 5.74) is 11.3. The Morgan fingerprint density at radius 3 is 1.76 bits per heavy atom.